The van der Waals surface area contributed by atoms with Crippen LogP contribution < -0.4 is 4.74 Å². The van der Waals surface area contributed by atoms with Crippen LogP contribution in [0.3, 0.4) is 0 Å². The topological polar surface area (TPSA) is 44.8 Å². The Balaban J connectivity index is 1.97. The molecule has 104 valence electrons. The molecule has 1 aromatic rings. The Morgan fingerprint density at radius 1 is 1.47 bits per heavy atom. The van der Waals surface area contributed by atoms with Gasteiger partial charge in [-0.3, -0.25) is 0 Å². The Morgan fingerprint density at radius 2 is 2.32 bits per heavy atom. The molecule has 0 amide bonds. The summed E-state index contributed by atoms with van der Waals surface area (Å²) in [7, 11) is 1.50. The van der Waals surface area contributed by atoms with Gasteiger partial charge in [0.2, 0.25) is 0 Å². The number of methoxy groups -OCH3 is 1. The molecule has 1 saturated heterocycles. The van der Waals surface area contributed by atoms with Crippen molar-refractivity contribution >= 4 is 17.6 Å². The quantitative estimate of drug-likeness (QED) is 0.797. The van der Waals surface area contributed by atoms with E-state index in [9.17, 15) is 4.79 Å². The van der Waals surface area contributed by atoms with E-state index in [0.717, 1.165) is 25.9 Å². The second kappa shape index (κ2) is 6.78. The van der Waals surface area contributed by atoms with Gasteiger partial charge in [-0.1, -0.05) is 11.6 Å². The van der Waals surface area contributed by atoms with Gasteiger partial charge < -0.3 is 14.2 Å². The molecule has 0 saturated carbocycles. The Hall–Kier alpha value is -1.26. The number of hydrogen-bond acceptors (Lipinski definition) is 4. The lowest BCUT2D eigenvalue weighted by molar-refractivity contribution is -0.0301. The van der Waals surface area contributed by atoms with Crippen molar-refractivity contribution in [3.63, 3.8) is 0 Å². The van der Waals surface area contributed by atoms with Crippen molar-refractivity contribution in [3.05, 3.63) is 28.8 Å². The molecule has 4 nitrogen and oxygen atoms in total. The van der Waals surface area contributed by atoms with Crippen molar-refractivity contribution in [2.75, 3.05) is 20.3 Å². The van der Waals surface area contributed by atoms with Gasteiger partial charge in [-0.15, -0.1) is 0 Å². The van der Waals surface area contributed by atoms with Gasteiger partial charge >= 0.3 is 5.97 Å². The summed E-state index contributed by atoms with van der Waals surface area (Å²) in [6.07, 6.45) is 3.12. The minimum Gasteiger partial charge on any atom is -0.496 e. The predicted molar refractivity (Wildman–Crippen MR) is 71.9 cm³/mol. The first-order chi connectivity index (χ1) is 9.20. The minimum atomic E-state index is -0.437. The molecule has 0 aliphatic carbocycles. The summed E-state index contributed by atoms with van der Waals surface area (Å²) in [5.41, 5.74) is 0.339. The molecular weight excluding hydrogens is 268 g/mol. The van der Waals surface area contributed by atoms with E-state index in [1.54, 1.807) is 18.2 Å². The van der Waals surface area contributed by atoms with E-state index in [-0.39, 0.29) is 12.7 Å². The number of hydrogen-bond donors (Lipinski definition) is 0. The van der Waals surface area contributed by atoms with E-state index in [0.29, 0.717) is 16.3 Å². The van der Waals surface area contributed by atoms with Crippen LogP contribution >= 0.6 is 11.6 Å². The summed E-state index contributed by atoms with van der Waals surface area (Å²) >= 11 is 5.88. The zero-order valence-electron chi connectivity index (χ0n) is 10.9. The maximum Gasteiger partial charge on any atom is 0.342 e. The Bertz CT molecular complexity index is 441. The molecule has 0 N–H and O–H groups in total. The lowest BCUT2D eigenvalue weighted by atomic mass is 10.1. The lowest BCUT2D eigenvalue weighted by Gasteiger charge is -2.22. The second-order valence-electron chi connectivity index (χ2n) is 4.43. The highest BCUT2D eigenvalue weighted by Crippen LogP contribution is 2.23. The van der Waals surface area contributed by atoms with E-state index < -0.39 is 5.97 Å². The maximum absolute atomic E-state index is 12.0. The molecule has 1 unspecified atom stereocenters. The standard InChI is InChI=1S/C14H17ClO4/c1-17-13-6-5-10(15)8-12(13)14(16)19-9-11-4-2-3-7-18-11/h5-6,8,11H,2-4,7,9H2,1H3. The van der Waals surface area contributed by atoms with Crippen molar-refractivity contribution in [1.82, 2.24) is 0 Å². The van der Waals surface area contributed by atoms with Crippen LogP contribution in [0.25, 0.3) is 0 Å². The summed E-state index contributed by atoms with van der Waals surface area (Å²) in [4.78, 5) is 12.0. The number of rotatable bonds is 4. The molecule has 2 rings (SSSR count). The fraction of sp³-hybridized carbons (Fsp3) is 0.500. The van der Waals surface area contributed by atoms with Crippen LogP contribution in [-0.4, -0.2) is 32.4 Å². The fourth-order valence-corrected chi connectivity index (χ4v) is 2.20. The van der Waals surface area contributed by atoms with E-state index in [4.69, 9.17) is 25.8 Å². The normalized spacial score (nSPS) is 18.9. The largest absolute Gasteiger partial charge is 0.496 e. The van der Waals surface area contributed by atoms with Crippen LogP contribution in [0.2, 0.25) is 5.02 Å². The smallest absolute Gasteiger partial charge is 0.342 e. The molecule has 0 bridgehead atoms. The average molecular weight is 285 g/mol. The number of ether oxygens (including phenoxy) is 3. The summed E-state index contributed by atoms with van der Waals surface area (Å²) < 4.78 is 15.9. The number of halogens is 1. The van der Waals surface area contributed by atoms with Crippen molar-refractivity contribution in [2.24, 2.45) is 0 Å². The van der Waals surface area contributed by atoms with Gasteiger partial charge in [0.1, 0.15) is 17.9 Å². The zero-order chi connectivity index (χ0) is 13.7. The highest BCUT2D eigenvalue weighted by Gasteiger charge is 2.19. The van der Waals surface area contributed by atoms with E-state index >= 15 is 0 Å². The van der Waals surface area contributed by atoms with E-state index in [2.05, 4.69) is 0 Å². The molecule has 0 radical (unpaired) electrons. The first-order valence-corrected chi connectivity index (χ1v) is 6.71. The fourth-order valence-electron chi connectivity index (χ4n) is 2.02. The van der Waals surface area contributed by atoms with Crippen molar-refractivity contribution in [2.45, 2.75) is 25.4 Å². The van der Waals surface area contributed by atoms with Gasteiger partial charge in [-0.2, -0.15) is 0 Å². The number of carbonyl (C=O) groups excluding carboxylic acids is 1. The van der Waals surface area contributed by atoms with Crippen LogP contribution in [0.1, 0.15) is 29.6 Å². The molecular formula is C14H17ClO4. The highest BCUT2D eigenvalue weighted by atomic mass is 35.5. The third-order valence-corrected chi connectivity index (χ3v) is 3.29. The molecule has 1 aliphatic rings. The number of benzene rings is 1. The molecule has 1 heterocycles. The van der Waals surface area contributed by atoms with Crippen LogP contribution in [0, 0.1) is 0 Å². The third kappa shape index (κ3) is 3.85. The monoisotopic (exact) mass is 284 g/mol. The summed E-state index contributed by atoms with van der Waals surface area (Å²) in [5.74, 6) is 0.0208. The first-order valence-electron chi connectivity index (χ1n) is 6.33. The zero-order valence-corrected chi connectivity index (χ0v) is 11.6. The number of esters is 1. The van der Waals surface area contributed by atoms with Crippen LogP contribution in [-0.2, 0) is 9.47 Å². The van der Waals surface area contributed by atoms with Crippen molar-refractivity contribution in [3.8, 4) is 5.75 Å². The van der Waals surface area contributed by atoms with Gasteiger partial charge in [0.05, 0.1) is 13.2 Å². The predicted octanol–water partition coefficient (Wildman–Crippen LogP) is 3.07. The summed E-state index contributed by atoms with van der Waals surface area (Å²) in [6.45, 7) is 1.01. The lowest BCUT2D eigenvalue weighted by Crippen LogP contribution is -2.26. The molecule has 0 aromatic heterocycles. The van der Waals surface area contributed by atoms with Gasteiger partial charge in [0.15, 0.2) is 0 Å². The minimum absolute atomic E-state index is 0.00267. The Labute approximate surface area is 117 Å². The highest BCUT2D eigenvalue weighted by molar-refractivity contribution is 6.31. The van der Waals surface area contributed by atoms with Gasteiger partial charge in [-0.25, -0.2) is 4.79 Å². The van der Waals surface area contributed by atoms with Crippen molar-refractivity contribution in [1.29, 1.82) is 0 Å². The molecule has 19 heavy (non-hydrogen) atoms. The second-order valence-corrected chi connectivity index (χ2v) is 4.87. The van der Waals surface area contributed by atoms with Gasteiger partial charge in [0, 0.05) is 11.6 Å². The molecule has 1 aromatic carbocycles. The average Bonchev–Trinajstić information content (AvgIpc) is 2.46. The Morgan fingerprint density at radius 3 is 3.00 bits per heavy atom. The SMILES string of the molecule is COc1ccc(Cl)cc1C(=O)OCC1CCCCO1. The molecule has 1 fully saturated rings. The van der Waals surface area contributed by atoms with Gasteiger partial charge in [0.25, 0.3) is 0 Å². The summed E-state index contributed by atoms with van der Waals surface area (Å²) in [6, 6.07) is 4.86. The van der Waals surface area contributed by atoms with Gasteiger partial charge in [-0.05, 0) is 37.5 Å². The number of carbonyl (C=O) groups is 1. The van der Waals surface area contributed by atoms with Crippen LogP contribution in [0.15, 0.2) is 18.2 Å². The molecule has 0 spiro atoms. The van der Waals surface area contributed by atoms with Crippen molar-refractivity contribution < 1.29 is 19.0 Å². The summed E-state index contributed by atoms with van der Waals surface area (Å²) in [5, 5.41) is 0.474. The van der Waals surface area contributed by atoms with E-state index in [1.807, 2.05) is 0 Å². The Kier molecular flexibility index (Phi) is 5.05. The molecule has 1 aliphatic heterocycles. The van der Waals surface area contributed by atoms with Crippen LogP contribution in [0.5, 0.6) is 5.75 Å². The maximum atomic E-state index is 12.0. The third-order valence-electron chi connectivity index (χ3n) is 3.06. The van der Waals surface area contributed by atoms with E-state index in [1.165, 1.54) is 7.11 Å². The molecule has 5 heteroatoms. The van der Waals surface area contributed by atoms with Crippen LogP contribution in [0.4, 0.5) is 0 Å². The molecule has 1 atom stereocenters. The first kappa shape index (κ1) is 14.2.